The molecule has 0 aliphatic rings. The topological polar surface area (TPSA) is 86.8 Å². The van der Waals surface area contributed by atoms with Crippen molar-refractivity contribution in [3.05, 3.63) is 64.7 Å². The Balaban J connectivity index is 2.38. The van der Waals surface area contributed by atoms with Crippen molar-refractivity contribution in [2.24, 2.45) is 0 Å². The number of anilines is 1. The molecule has 0 fully saturated rings. The first-order valence-corrected chi connectivity index (χ1v) is 13.4. The second-order valence-corrected chi connectivity index (χ2v) is 11.6. The summed E-state index contributed by atoms with van der Waals surface area (Å²) in [5.41, 5.74) is 2.11. The van der Waals surface area contributed by atoms with Crippen molar-refractivity contribution in [2.45, 2.75) is 52.6 Å². The molecule has 1 N–H and O–H groups in total. The number of carbonyl (C=O) groups is 2. The Bertz CT molecular complexity index is 1090. The first-order chi connectivity index (χ1) is 15.7. The summed E-state index contributed by atoms with van der Waals surface area (Å²) in [5.74, 6) is -0.802. The maximum atomic E-state index is 13.4. The molecule has 0 spiro atoms. The lowest BCUT2D eigenvalue weighted by molar-refractivity contribution is -0.139. The number of sulfonamides is 1. The minimum Gasteiger partial charge on any atom is -0.355 e. The van der Waals surface area contributed by atoms with E-state index in [4.69, 9.17) is 11.6 Å². The molecule has 186 valence electrons. The first-order valence-electron chi connectivity index (χ1n) is 11.1. The van der Waals surface area contributed by atoms with E-state index in [1.165, 1.54) is 4.90 Å². The van der Waals surface area contributed by atoms with E-state index in [0.717, 1.165) is 21.7 Å². The third-order valence-corrected chi connectivity index (χ3v) is 6.88. The van der Waals surface area contributed by atoms with E-state index in [2.05, 4.69) is 26.1 Å². The van der Waals surface area contributed by atoms with Gasteiger partial charge in [0, 0.05) is 18.1 Å². The average molecular weight is 508 g/mol. The van der Waals surface area contributed by atoms with E-state index < -0.39 is 28.5 Å². The van der Waals surface area contributed by atoms with Gasteiger partial charge in [0.15, 0.2) is 0 Å². The molecule has 0 saturated heterocycles. The highest BCUT2D eigenvalue weighted by Crippen LogP contribution is 2.26. The number of likely N-dealkylation sites (N-methyl/N-ethyl adjacent to an activating group) is 1. The number of amides is 2. The number of hydrogen-bond donors (Lipinski definition) is 1. The fourth-order valence-corrected chi connectivity index (χ4v) is 4.41. The van der Waals surface area contributed by atoms with Crippen LogP contribution in [0.1, 0.15) is 45.7 Å². The van der Waals surface area contributed by atoms with Crippen LogP contribution in [0.3, 0.4) is 0 Å². The Morgan fingerprint density at radius 1 is 1.03 bits per heavy atom. The van der Waals surface area contributed by atoms with Crippen molar-refractivity contribution in [1.82, 2.24) is 10.2 Å². The molecule has 9 heteroatoms. The third kappa shape index (κ3) is 7.46. The number of nitrogens with zero attached hydrogens (tertiary/aromatic N) is 2. The van der Waals surface area contributed by atoms with E-state index in [1.54, 1.807) is 50.2 Å². The summed E-state index contributed by atoms with van der Waals surface area (Å²) in [6, 6.07) is 13.3. The maximum absolute atomic E-state index is 13.4. The van der Waals surface area contributed by atoms with Crippen LogP contribution in [0.15, 0.2) is 48.5 Å². The number of benzene rings is 2. The third-order valence-electron chi connectivity index (χ3n) is 5.48. The largest absolute Gasteiger partial charge is 0.355 e. The maximum Gasteiger partial charge on any atom is 0.244 e. The van der Waals surface area contributed by atoms with E-state index in [-0.39, 0.29) is 17.9 Å². The summed E-state index contributed by atoms with van der Waals surface area (Å²) < 4.78 is 26.3. The van der Waals surface area contributed by atoms with Crippen LogP contribution in [0.25, 0.3) is 0 Å². The van der Waals surface area contributed by atoms with Crippen LogP contribution in [-0.4, -0.2) is 50.5 Å². The van der Waals surface area contributed by atoms with Crippen molar-refractivity contribution in [1.29, 1.82) is 0 Å². The van der Waals surface area contributed by atoms with Crippen LogP contribution < -0.4 is 9.62 Å². The normalized spacial score (nSPS) is 12.7. The highest BCUT2D eigenvalue weighted by atomic mass is 35.5. The van der Waals surface area contributed by atoms with Gasteiger partial charge in [-0.3, -0.25) is 13.9 Å². The number of halogens is 1. The molecule has 0 aliphatic carbocycles. The highest BCUT2D eigenvalue weighted by Gasteiger charge is 2.30. The van der Waals surface area contributed by atoms with Crippen molar-refractivity contribution in [3.63, 3.8) is 0 Å². The smallest absolute Gasteiger partial charge is 0.244 e. The molecule has 2 aromatic rings. The highest BCUT2D eigenvalue weighted by molar-refractivity contribution is 7.92. The van der Waals surface area contributed by atoms with Crippen molar-refractivity contribution >= 4 is 39.1 Å². The zero-order valence-corrected chi connectivity index (χ0v) is 22.2. The lowest BCUT2D eigenvalue weighted by Gasteiger charge is -2.31. The van der Waals surface area contributed by atoms with Gasteiger partial charge in [-0.25, -0.2) is 8.42 Å². The number of nitrogens with one attached hydrogen (secondary N) is 1. The zero-order chi connectivity index (χ0) is 25.7. The summed E-state index contributed by atoms with van der Waals surface area (Å²) in [4.78, 5) is 27.4. The average Bonchev–Trinajstić information content (AvgIpc) is 2.75. The van der Waals surface area contributed by atoms with E-state index in [0.29, 0.717) is 17.3 Å². The lowest BCUT2D eigenvalue weighted by atomic mass is 9.87. The molecule has 1 atom stereocenters. The van der Waals surface area contributed by atoms with E-state index in [9.17, 15) is 18.0 Å². The first kappa shape index (κ1) is 27.7. The molecule has 2 rings (SSSR count). The summed E-state index contributed by atoms with van der Waals surface area (Å²) in [5, 5.41) is 3.28. The van der Waals surface area contributed by atoms with Gasteiger partial charge in [0.2, 0.25) is 21.8 Å². The molecule has 0 heterocycles. The molecule has 0 radical (unpaired) electrons. The molecule has 0 aliphatic heterocycles. The Kier molecular flexibility index (Phi) is 9.14. The van der Waals surface area contributed by atoms with Crippen molar-refractivity contribution in [3.8, 4) is 0 Å². The van der Waals surface area contributed by atoms with Gasteiger partial charge in [0.1, 0.15) is 12.6 Å². The molecule has 2 aromatic carbocycles. The van der Waals surface area contributed by atoms with Crippen molar-refractivity contribution < 1.29 is 18.0 Å². The molecular formula is C25H34ClN3O4S. The van der Waals surface area contributed by atoms with Crippen LogP contribution in [0.4, 0.5) is 5.69 Å². The fourth-order valence-electron chi connectivity index (χ4n) is 3.43. The fraction of sp³-hybridized carbons (Fsp3) is 0.440. The van der Waals surface area contributed by atoms with Crippen LogP contribution in [0, 0.1) is 0 Å². The van der Waals surface area contributed by atoms with Gasteiger partial charge in [-0.2, -0.15) is 0 Å². The molecule has 2 amide bonds. The van der Waals surface area contributed by atoms with Gasteiger partial charge in [-0.05, 0) is 54.7 Å². The molecule has 34 heavy (non-hydrogen) atoms. The Hall–Kier alpha value is -2.58. The quantitative estimate of drug-likeness (QED) is 0.556. The van der Waals surface area contributed by atoms with Gasteiger partial charge in [-0.15, -0.1) is 0 Å². The monoisotopic (exact) mass is 507 g/mol. The lowest BCUT2D eigenvalue weighted by Crippen LogP contribution is -2.51. The Morgan fingerprint density at radius 3 is 2.06 bits per heavy atom. The van der Waals surface area contributed by atoms with Gasteiger partial charge in [-0.1, -0.05) is 56.6 Å². The summed E-state index contributed by atoms with van der Waals surface area (Å²) >= 11 is 5.97. The SMILES string of the molecule is CCNC(=O)C(C)N(Cc1ccc(Cl)cc1)C(=O)CN(c1ccc(C(C)(C)C)cc1)S(C)(=O)=O. The standard InChI is InChI=1S/C25H34ClN3O4S/c1-7-27-24(31)18(2)28(16-19-8-12-21(26)13-9-19)23(30)17-29(34(6,32)33)22-14-10-20(11-15-22)25(3,4)5/h8-15,18H,7,16-17H2,1-6H3,(H,27,31). The van der Waals surface area contributed by atoms with Crippen LogP contribution >= 0.6 is 11.6 Å². The van der Waals surface area contributed by atoms with Crippen LogP contribution in [0.2, 0.25) is 5.02 Å². The number of carbonyl (C=O) groups excluding carboxylic acids is 2. The molecule has 0 aromatic heterocycles. The molecule has 0 bridgehead atoms. The molecule has 1 unspecified atom stereocenters. The minimum atomic E-state index is -3.76. The van der Waals surface area contributed by atoms with Gasteiger partial charge in [0.25, 0.3) is 0 Å². The summed E-state index contributed by atoms with van der Waals surface area (Å²) in [6.07, 6.45) is 1.06. The Labute approximate surface area is 208 Å². The van der Waals surface area contributed by atoms with Crippen LogP contribution in [-0.2, 0) is 31.6 Å². The van der Waals surface area contributed by atoms with Gasteiger partial charge < -0.3 is 10.2 Å². The van der Waals surface area contributed by atoms with Gasteiger partial charge in [0.05, 0.1) is 11.9 Å². The minimum absolute atomic E-state index is 0.0955. The predicted octanol–water partition coefficient (Wildman–Crippen LogP) is 3.96. The van der Waals surface area contributed by atoms with Crippen LogP contribution in [0.5, 0.6) is 0 Å². The van der Waals surface area contributed by atoms with Crippen molar-refractivity contribution in [2.75, 3.05) is 23.7 Å². The van der Waals surface area contributed by atoms with E-state index in [1.807, 2.05) is 12.1 Å². The van der Waals surface area contributed by atoms with Gasteiger partial charge >= 0.3 is 0 Å². The molecule has 0 saturated carbocycles. The predicted molar refractivity (Wildman–Crippen MR) is 137 cm³/mol. The second-order valence-electron chi connectivity index (χ2n) is 9.29. The second kappa shape index (κ2) is 11.2. The zero-order valence-electron chi connectivity index (χ0n) is 20.6. The molecular weight excluding hydrogens is 474 g/mol. The Morgan fingerprint density at radius 2 is 1.59 bits per heavy atom. The van der Waals surface area contributed by atoms with E-state index >= 15 is 0 Å². The number of hydrogen-bond acceptors (Lipinski definition) is 4. The summed E-state index contributed by atoms with van der Waals surface area (Å²) in [6.45, 7) is 9.75. The summed E-state index contributed by atoms with van der Waals surface area (Å²) in [7, 11) is -3.76. The number of rotatable bonds is 9. The molecule has 7 nitrogen and oxygen atoms in total.